The van der Waals surface area contributed by atoms with Gasteiger partial charge in [0, 0.05) is 11.4 Å². The van der Waals surface area contributed by atoms with Crippen molar-refractivity contribution in [3.05, 3.63) is 90.5 Å². The topological polar surface area (TPSA) is 79.5 Å². The minimum atomic E-state index is -0.701. The molecule has 1 atom stereocenters. The van der Waals surface area contributed by atoms with E-state index in [-0.39, 0.29) is 5.91 Å². The van der Waals surface area contributed by atoms with Crippen LogP contribution in [-0.2, 0) is 11.4 Å². The molecule has 3 N–H and O–H groups in total. The molecular weight excluding hydrogens is 366 g/mol. The molecule has 148 valence electrons. The van der Waals surface area contributed by atoms with Crippen molar-refractivity contribution in [3.8, 4) is 5.75 Å². The van der Waals surface area contributed by atoms with Crippen molar-refractivity contribution in [1.82, 2.24) is 5.32 Å². The zero-order chi connectivity index (χ0) is 20.5. The van der Waals surface area contributed by atoms with Crippen LogP contribution in [0.5, 0.6) is 5.75 Å². The lowest BCUT2D eigenvalue weighted by Gasteiger charge is -2.15. The number of anilines is 2. The Kier molecular flexibility index (Phi) is 6.84. The minimum Gasteiger partial charge on any atom is -0.489 e. The van der Waals surface area contributed by atoms with Crippen molar-refractivity contribution in [2.45, 2.75) is 19.6 Å². The van der Waals surface area contributed by atoms with Gasteiger partial charge in [0.1, 0.15) is 18.4 Å². The van der Waals surface area contributed by atoms with Crippen LogP contribution in [0, 0.1) is 0 Å². The van der Waals surface area contributed by atoms with Gasteiger partial charge in [-0.25, -0.2) is 4.79 Å². The van der Waals surface area contributed by atoms with Crippen molar-refractivity contribution < 1.29 is 14.3 Å². The van der Waals surface area contributed by atoms with Crippen molar-refractivity contribution in [1.29, 1.82) is 0 Å². The predicted octanol–water partition coefficient (Wildman–Crippen LogP) is 4.41. The molecule has 0 fully saturated rings. The first-order valence-electron chi connectivity index (χ1n) is 9.30. The molecule has 0 spiro atoms. The average molecular weight is 389 g/mol. The second-order valence-electron chi connectivity index (χ2n) is 6.47. The van der Waals surface area contributed by atoms with E-state index in [9.17, 15) is 9.59 Å². The Morgan fingerprint density at radius 3 is 2.03 bits per heavy atom. The third kappa shape index (κ3) is 6.39. The largest absolute Gasteiger partial charge is 0.489 e. The molecule has 1 unspecified atom stereocenters. The van der Waals surface area contributed by atoms with Gasteiger partial charge in [-0.1, -0.05) is 48.5 Å². The number of carbonyl (C=O) groups is 2. The van der Waals surface area contributed by atoms with E-state index in [0.29, 0.717) is 23.7 Å². The molecule has 3 aromatic carbocycles. The van der Waals surface area contributed by atoms with Crippen LogP contribution < -0.4 is 20.7 Å². The fourth-order valence-corrected chi connectivity index (χ4v) is 2.58. The first-order valence-corrected chi connectivity index (χ1v) is 9.30. The summed E-state index contributed by atoms with van der Waals surface area (Å²) in [5.41, 5.74) is 2.36. The molecule has 0 saturated carbocycles. The van der Waals surface area contributed by atoms with Gasteiger partial charge in [0.05, 0.1) is 0 Å². The molecule has 3 aromatic rings. The number of benzene rings is 3. The second-order valence-corrected chi connectivity index (χ2v) is 6.47. The predicted molar refractivity (Wildman–Crippen MR) is 114 cm³/mol. The molecule has 0 aliphatic heterocycles. The van der Waals surface area contributed by atoms with Gasteiger partial charge in [0.15, 0.2) is 0 Å². The van der Waals surface area contributed by atoms with Gasteiger partial charge in [-0.2, -0.15) is 0 Å². The maximum absolute atomic E-state index is 12.3. The van der Waals surface area contributed by atoms with Gasteiger partial charge < -0.3 is 20.7 Å². The SMILES string of the molecule is CC(NC(=O)Nc1ccccc1)C(=O)Nc1ccc(OCc2ccccc2)cc1. The van der Waals surface area contributed by atoms with E-state index in [0.717, 1.165) is 5.56 Å². The Bertz CT molecular complexity index is 929. The lowest BCUT2D eigenvalue weighted by molar-refractivity contribution is -0.117. The number of carbonyl (C=O) groups excluding carboxylic acids is 2. The zero-order valence-electron chi connectivity index (χ0n) is 16.1. The fraction of sp³-hybridized carbons (Fsp3) is 0.130. The summed E-state index contributed by atoms with van der Waals surface area (Å²) < 4.78 is 5.73. The standard InChI is InChI=1S/C23H23N3O3/c1-17(24-23(28)26-19-10-6-3-7-11-19)22(27)25-20-12-14-21(15-13-20)29-16-18-8-4-2-5-9-18/h2-15,17H,16H2,1H3,(H,25,27)(H2,24,26,28). The van der Waals surface area contributed by atoms with E-state index >= 15 is 0 Å². The van der Waals surface area contributed by atoms with E-state index in [4.69, 9.17) is 4.74 Å². The van der Waals surface area contributed by atoms with Crippen LogP contribution in [0.15, 0.2) is 84.9 Å². The van der Waals surface area contributed by atoms with Gasteiger partial charge in [0.25, 0.3) is 0 Å². The monoisotopic (exact) mass is 389 g/mol. The first kappa shape index (κ1) is 19.9. The van der Waals surface area contributed by atoms with Gasteiger partial charge >= 0.3 is 6.03 Å². The smallest absolute Gasteiger partial charge is 0.319 e. The van der Waals surface area contributed by atoms with Crippen molar-refractivity contribution in [3.63, 3.8) is 0 Å². The van der Waals surface area contributed by atoms with Gasteiger partial charge in [0.2, 0.25) is 5.91 Å². The summed E-state index contributed by atoms with van der Waals surface area (Å²) in [6, 6.07) is 24.9. The Morgan fingerprint density at radius 1 is 0.793 bits per heavy atom. The van der Waals surface area contributed by atoms with Crippen molar-refractivity contribution >= 4 is 23.3 Å². The zero-order valence-corrected chi connectivity index (χ0v) is 16.1. The van der Waals surface area contributed by atoms with E-state index in [1.807, 2.05) is 48.5 Å². The van der Waals surface area contributed by atoms with Crippen molar-refractivity contribution in [2.75, 3.05) is 10.6 Å². The van der Waals surface area contributed by atoms with Gasteiger partial charge in [-0.15, -0.1) is 0 Å². The number of hydrogen-bond donors (Lipinski definition) is 3. The number of ether oxygens (including phenoxy) is 1. The maximum Gasteiger partial charge on any atom is 0.319 e. The molecule has 0 aromatic heterocycles. The quantitative estimate of drug-likeness (QED) is 0.560. The molecule has 6 nitrogen and oxygen atoms in total. The average Bonchev–Trinajstić information content (AvgIpc) is 2.74. The highest BCUT2D eigenvalue weighted by Gasteiger charge is 2.15. The Balaban J connectivity index is 1.46. The van der Waals surface area contributed by atoms with Crippen LogP contribution in [0.4, 0.5) is 16.2 Å². The molecule has 0 heterocycles. The number of amides is 3. The minimum absolute atomic E-state index is 0.314. The van der Waals surface area contributed by atoms with Gasteiger partial charge in [-0.3, -0.25) is 4.79 Å². The Hall–Kier alpha value is -3.80. The van der Waals surface area contributed by atoms with Crippen molar-refractivity contribution in [2.24, 2.45) is 0 Å². The molecule has 0 saturated heterocycles. The van der Waals surface area contributed by atoms with Crippen LogP contribution in [0.1, 0.15) is 12.5 Å². The number of rotatable bonds is 7. The molecule has 0 aliphatic rings. The summed E-state index contributed by atoms with van der Waals surface area (Å²) in [5, 5.41) is 8.07. The van der Waals surface area contributed by atoms with Crippen LogP contribution >= 0.6 is 0 Å². The fourth-order valence-electron chi connectivity index (χ4n) is 2.58. The molecule has 3 amide bonds. The van der Waals surface area contributed by atoms with Crippen LogP contribution in [0.3, 0.4) is 0 Å². The second kappa shape index (κ2) is 9.94. The van der Waals surface area contributed by atoms with E-state index in [1.165, 1.54) is 0 Å². The van der Waals surface area contributed by atoms with Crippen LogP contribution in [0.25, 0.3) is 0 Å². The summed E-state index contributed by atoms with van der Waals surface area (Å²) >= 11 is 0. The summed E-state index contributed by atoms with van der Waals surface area (Å²) in [6.07, 6.45) is 0. The maximum atomic E-state index is 12.3. The van der Waals surface area contributed by atoms with E-state index in [1.54, 1.807) is 43.3 Å². The number of hydrogen-bond acceptors (Lipinski definition) is 3. The highest BCUT2D eigenvalue weighted by atomic mass is 16.5. The number of urea groups is 1. The van der Waals surface area contributed by atoms with Crippen LogP contribution in [0.2, 0.25) is 0 Å². The molecule has 6 heteroatoms. The molecule has 0 aliphatic carbocycles. The molecule has 29 heavy (non-hydrogen) atoms. The van der Waals surface area contributed by atoms with Gasteiger partial charge in [-0.05, 0) is 48.9 Å². The summed E-state index contributed by atoms with van der Waals surface area (Å²) in [4.78, 5) is 24.3. The third-order valence-electron chi connectivity index (χ3n) is 4.14. The lowest BCUT2D eigenvalue weighted by Crippen LogP contribution is -2.43. The first-order chi connectivity index (χ1) is 14.1. The molecule has 0 radical (unpaired) electrons. The van der Waals surface area contributed by atoms with E-state index in [2.05, 4.69) is 16.0 Å². The summed E-state index contributed by atoms with van der Waals surface area (Å²) in [5.74, 6) is 0.395. The summed E-state index contributed by atoms with van der Waals surface area (Å²) in [6.45, 7) is 2.10. The number of nitrogens with one attached hydrogen (secondary N) is 3. The van der Waals surface area contributed by atoms with E-state index < -0.39 is 12.1 Å². The Morgan fingerprint density at radius 2 is 1.38 bits per heavy atom. The van der Waals surface area contributed by atoms with Crippen LogP contribution in [-0.4, -0.2) is 18.0 Å². The molecule has 0 bridgehead atoms. The number of para-hydroxylation sites is 1. The summed E-state index contributed by atoms with van der Waals surface area (Å²) in [7, 11) is 0. The highest BCUT2D eigenvalue weighted by molar-refractivity contribution is 5.98. The lowest BCUT2D eigenvalue weighted by atomic mass is 10.2. The highest BCUT2D eigenvalue weighted by Crippen LogP contribution is 2.17. The molecule has 3 rings (SSSR count). The molecular formula is C23H23N3O3. The third-order valence-corrected chi connectivity index (χ3v) is 4.14. The Labute approximate surface area is 169 Å². The normalized spacial score (nSPS) is 11.2.